The van der Waals surface area contributed by atoms with Gasteiger partial charge in [-0.25, -0.2) is 4.98 Å². The number of carbonyl (C=O) groups excluding carboxylic acids is 1. The van der Waals surface area contributed by atoms with Crippen LogP contribution in [0.25, 0.3) is 0 Å². The number of fused-ring (bicyclic) bond motifs is 2. The summed E-state index contributed by atoms with van der Waals surface area (Å²) in [5.41, 5.74) is 0.547. The zero-order chi connectivity index (χ0) is 11.1. The standard InChI is InChI=1S/C11H13N3O2/c15-10-8-4-2-6-14(8)11(16)7-3-1-5-12-9(7)13-10/h1,3,5,8,10,15H,2,4,6H2,(H,12,13)/t8-,10?/m0/s1. The summed E-state index contributed by atoms with van der Waals surface area (Å²) in [5.74, 6) is 0.448. The van der Waals surface area contributed by atoms with E-state index in [2.05, 4.69) is 10.3 Å². The van der Waals surface area contributed by atoms with Gasteiger partial charge in [0, 0.05) is 12.7 Å². The molecule has 3 heterocycles. The second-order valence-electron chi connectivity index (χ2n) is 4.20. The third kappa shape index (κ3) is 1.28. The second-order valence-corrected chi connectivity index (χ2v) is 4.20. The van der Waals surface area contributed by atoms with Crippen LogP contribution in [0.1, 0.15) is 23.2 Å². The molecule has 1 fully saturated rings. The van der Waals surface area contributed by atoms with E-state index in [1.165, 1.54) is 0 Å². The molecule has 0 spiro atoms. The van der Waals surface area contributed by atoms with Crippen molar-refractivity contribution >= 4 is 11.7 Å². The van der Waals surface area contributed by atoms with Crippen LogP contribution in [-0.4, -0.2) is 39.7 Å². The van der Waals surface area contributed by atoms with Crippen molar-refractivity contribution in [1.82, 2.24) is 9.88 Å². The van der Waals surface area contributed by atoms with E-state index < -0.39 is 6.23 Å². The lowest BCUT2D eigenvalue weighted by molar-refractivity contribution is 0.0581. The summed E-state index contributed by atoms with van der Waals surface area (Å²) in [6.07, 6.45) is 2.68. The summed E-state index contributed by atoms with van der Waals surface area (Å²) >= 11 is 0. The van der Waals surface area contributed by atoms with Crippen LogP contribution >= 0.6 is 0 Å². The fourth-order valence-electron chi connectivity index (χ4n) is 2.46. The summed E-state index contributed by atoms with van der Waals surface area (Å²) < 4.78 is 0. The van der Waals surface area contributed by atoms with Gasteiger partial charge >= 0.3 is 0 Å². The topological polar surface area (TPSA) is 65.5 Å². The fourth-order valence-corrected chi connectivity index (χ4v) is 2.46. The number of pyridine rings is 1. The molecular formula is C11H13N3O2. The normalized spacial score (nSPS) is 28.1. The lowest BCUT2D eigenvalue weighted by atomic mass is 10.2. The number of aromatic nitrogens is 1. The lowest BCUT2D eigenvalue weighted by Gasteiger charge is -2.25. The lowest BCUT2D eigenvalue weighted by Crippen LogP contribution is -2.43. The molecular weight excluding hydrogens is 206 g/mol. The van der Waals surface area contributed by atoms with Gasteiger partial charge in [0.25, 0.3) is 5.91 Å². The molecule has 2 aliphatic heterocycles. The maximum Gasteiger partial charge on any atom is 0.258 e. The van der Waals surface area contributed by atoms with E-state index in [-0.39, 0.29) is 11.9 Å². The van der Waals surface area contributed by atoms with Gasteiger partial charge in [0.05, 0.1) is 11.6 Å². The Balaban J connectivity index is 2.08. The van der Waals surface area contributed by atoms with Gasteiger partial charge in [0.2, 0.25) is 0 Å². The number of carbonyl (C=O) groups is 1. The van der Waals surface area contributed by atoms with Gasteiger partial charge in [-0.2, -0.15) is 0 Å². The minimum atomic E-state index is -0.720. The van der Waals surface area contributed by atoms with E-state index in [0.29, 0.717) is 11.4 Å². The fraction of sp³-hybridized carbons (Fsp3) is 0.455. The zero-order valence-corrected chi connectivity index (χ0v) is 8.76. The average Bonchev–Trinajstić information content (AvgIpc) is 2.74. The molecule has 0 radical (unpaired) electrons. The van der Waals surface area contributed by atoms with Gasteiger partial charge in [-0.15, -0.1) is 0 Å². The summed E-state index contributed by atoms with van der Waals surface area (Å²) in [7, 11) is 0. The Bertz CT molecular complexity index is 435. The van der Waals surface area contributed by atoms with Gasteiger partial charge in [-0.1, -0.05) is 0 Å². The van der Waals surface area contributed by atoms with Crippen LogP contribution < -0.4 is 5.32 Å². The smallest absolute Gasteiger partial charge is 0.258 e. The van der Waals surface area contributed by atoms with Crippen molar-refractivity contribution in [2.75, 3.05) is 11.9 Å². The van der Waals surface area contributed by atoms with E-state index in [1.807, 2.05) is 0 Å². The molecule has 3 rings (SSSR count). The van der Waals surface area contributed by atoms with Crippen LogP contribution in [0, 0.1) is 0 Å². The molecule has 1 saturated heterocycles. The molecule has 0 bridgehead atoms. The number of anilines is 1. The Kier molecular flexibility index (Phi) is 2.07. The molecule has 0 aliphatic carbocycles. The molecule has 1 aromatic rings. The van der Waals surface area contributed by atoms with Gasteiger partial charge in [0.1, 0.15) is 12.0 Å². The van der Waals surface area contributed by atoms with Crippen LogP contribution in [-0.2, 0) is 0 Å². The molecule has 1 amide bonds. The molecule has 16 heavy (non-hydrogen) atoms. The van der Waals surface area contributed by atoms with Crippen molar-refractivity contribution in [3.63, 3.8) is 0 Å². The van der Waals surface area contributed by atoms with Crippen molar-refractivity contribution in [2.24, 2.45) is 0 Å². The quantitative estimate of drug-likeness (QED) is 0.664. The van der Waals surface area contributed by atoms with Crippen LogP contribution in [0.2, 0.25) is 0 Å². The molecule has 2 aliphatic rings. The van der Waals surface area contributed by atoms with E-state index in [9.17, 15) is 9.90 Å². The minimum Gasteiger partial charge on any atom is -0.372 e. The predicted octanol–water partition coefficient (Wildman–Crippen LogP) is 0.430. The third-order valence-corrected chi connectivity index (χ3v) is 3.25. The maximum atomic E-state index is 12.2. The van der Waals surface area contributed by atoms with Crippen molar-refractivity contribution in [3.8, 4) is 0 Å². The highest BCUT2D eigenvalue weighted by Gasteiger charge is 2.38. The molecule has 1 aromatic heterocycles. The number of hydrogen-bond donors (Lipinski definition) is 2. The molecule has 0 saturated carbocycles. The van der Waals surface area contributed by atoms with E-state index in [1.54, 1.807) is 23.2 Å². The number of nitrogens with one attached hydrogen (secondary N) is 1. The molecule has 2 atom stereocenters. The highest BCUT2D eigenvalue weighted by Crippen LogP contribution is 2.28. The zero-order valence-electron chi connectivity index (χ0n) is 8.76. The van der Waals surface area contributed by atoms with Crippen LogP contribution in [0.3, 0.4) is 0 Å². The number of aliphatic hydroxyl groups excluding tert-OH is 1. The van der Waals surface area contributed by atoms with E-state index in [0.717, 1.165) is 19.4 Å². The molecule has 5 heteroatoms. The largest absolute Gasteiger partial charge is 0.372 e. The summed E-state index contributed by atoms with van der Waals surface area (Å²) in [6.45, 7) is 0.719. The Morgan fingerprint density at radius 2 is 2.44 bits per heavy atom. The predicted molar refractivity (Wildman–Crippen MR) is 57.9 cm³/mol. The maximum absolute atomic E-state index is 12.2. The van der Waals surface area contributed by atoms with E-state index >= 15 is 0 Å². The first-order valence-corrected chi connectivity index (χ1v) is 5.48. The van der Waals surface area contributed by atoms with Crippen molar-refractivity contribution in [1.29, 1.82) is 0 Å². The van der Waals surface area contributed by atoms with Crippen LogP contribution in [0.4, 0.5) is 5.82 Å². The van der Waals surface area contributed by atoms with Crippen molar-refractivity contribution in [3.05, 3.63) is 23.9 Å². The monoisotopic (exact) mass is 219 g/mol. The third-order valence-electron chi connectivity index (χ3n) is 3.25. The first-order chi connectivity index (χ1) is 7.77. The summed E-state index contributed by atoms with van der Waals surface area (Å²) in [6, 6.07) is 3.36. The van der Waals surface area contributed by atoms with Crippen LogP contribution in [0.5, 0.6) is 0 Å². The molecule has 5 nitrogen and oxygen atoms in total. The van der Waals surface area contributed by atoms with Crippen molar-refractivity contribution in [2.45, 2.75) is 25.1 Å². The average molecular weight is 219 g/mol. The minimum absolute atomic E-state index is 0.0327. The Labute approximate surface area is 93.1 Å². The molecule has 84 valence electrons. The first kappa shape index (κ1) is 9.59. The summed E-state index contributed by atoms with van der Waals surface area (Å²) in [4.78, 5) is 18.0. The highest BCUT2D eigenvalue weighted by atomic mass is 16.3. The SMILES string of the molecule is O=C1c2cccnc2NC(O)[C@@H]2CCCN12. The summed E-state index contributed by atoms with van der Waals surface area (Å²) in [5, 5.41) is 12.9. The molecule has 0 aromatic carbocycles. The number of nitrogens with zero attached hydrogens (tertiary/aromatic N) is 2. The number of aliphatic hydroxyl groups is 1. The van der Waals surface area contributed by atoms with Gasteiger partial charge < -0.3 is 15.3 Å². The Morgan fingerprint density at radius 3 is 3.31 bits per heavy atom. The van der Waals surface area contributed by atoms with Gasteiger partial charge in [-0.3, -0.25) is 4.79 Å². The number of hydrogen-bond acceptors (Lipinski definition) is 4. The van der Waals surface area contributed by atoms with E-state index in [4.69, 9.17) is 0 Å². The molecule has 2 N–H and O–H groups in total. The van der Waals surface area contributed by atoms with Gasteiger partial charge in [0.15, 0.2) is 0 Å². The highest BCUT2D eigenvalue weighted by molar-refractivity contribution is 5.99. The first-order valence-electron chi connectivity index (χ1n) is 5.48. The van der Waals surface area contributed by atoms with Gasteiger partial charge in [-0.05, 0) is 25.0 Å². The Morgan fingerprint density at radius 1 is 1.56 bits per heavy atom. The Hall–Kier alpha value is -1.62. The van der Waals surface area contributed by atoms with Crippen molar-refractivity contribution < 1.29 is 9.90 Å². The number of amides is 1. The molecule has 1 unspecified atom stereocenters. The second kappa shape index (κ2) is 3.45. The number of rotatable bonds is 0. The van der Waals surface area contributed by atoms with Crippen LogP contribution in [0.15, 0.2) is 18.3 Å².